The fraction of sp³-hybridized carbons (Fsp3) is 0.458. The molecule has 1 N–H and O–H groups in total. The zero-order valence-electron chi connectivity index (χ0n) is 18.1. The molecule has 0 bridgehead atoms. The molecule has 0 fully saturated rings. The second-order valence-electron chi connectivity index (χ2n) is 9.32. The van der Waals surface area contributed by atoms with Gasteiger partial charge in [0.15, 0.2) is 6.10 Å². The minimum atomic E-state index is -2.11. The van der Waals surface area contributed by atoms with Crippen molar-refractivity contribution in [3.05, 3.63) is 66.2 Å². The first-order valence-electron chi connectivity index (χ1n) is 10.1. The van der Waals surface area contributed by atoms with Gasteiger partial charge in [0.2, 0.25) is 5.30 Å². The van der Waals surface area contributed by atoms with Crippen LogP contribution in [0.1, 0.15) is 53.0 Å². The van der Waals surface area contributed by atoms with Crippen molar-refractivity contribution in [1.82, 2.24) is 5.32 Å². The van der Waals surface area contributed by atoms with Crippen LogP contribution >= 0.6 is 8.03 Å². The van der Waals surface area contributed by atoms with Gasteiger partial charge in [-0.1, -0.05) is 69.3 Å². The quantitative estimate of drug-likeness (QED) is 0.559. The molecule has 4 nitrogen and oxygen atoms in total. The van der Waals surface area contributed by atoms with Crippen molar-refractivity contribution in [2.45, 2.75) is 65.5 Å². The lowest BCUT2D eigenvalue weighted by atomic mass is 9.81. The van der Waals surface area contributed by atoms with Crippen molar-refractivity contribution < 1.29 is 13.9 Å². The Balaban J connectivity index is 2.12. The van der Waals surface area contributed by atoms with Gasteiger partial charge in [-0.3, -0.25) is 4.79 Å². The van der Waals surface area contributed by atoms with E-state index in [4.69, 9.17) is 4.52 Å². The molecule has 0 aliphatic heterocycles. The minimum Gasteiger partial charge on any atom is -0.349 e. The number of rotatable bonds is 9. The largest absolute Gasteiger partial charge is 0.549 e. The smallest absolute Gasteiger partial charge is 0.349 e. The first-order chi connectivity index (χ1) is 13.6. The lowest BCUT2D eigenvalue weighted by Crippen LogP contribution is -2.50. The van der Waals surface area contributed by atoms with Crippen LogP contribution in [-0.4, -0.2) is 17.6 Å². The fourth-order valence-electron chi connectivity index (χ4n) is 3.68. The molecule has 2 atom stereocenters. The van der Waals surface area contributed by atoms with Gasteiger partial charge >= 0.3 is 8.03 Å². The van der Waals surface area contributed by atoms with Crippen molar-refractivity contribution in [2.24, 2.45) is 5.41 Å². The van der Waals surface area contributed by atoms with E-state index in [-0.39, 0.29) is 16.9 Å². The van der Waals surface area contributed by atoms with Crippen LogP contribution in [-0.2, 0) is 20.3 Å². The Morgan fingerprint density at radius 3 is 2.07 bits per heavy atom. The number of benzene rings is 2. The average molecular weight is 415 g/mol. The van der Waals surface area contributed by atoms with Crippen molar-refractivity contribution in [2.75, 3.05) is 0 Å². The first kappa shape index (κ1) is 23.3. The Hall–Kier alpha value is -2.03. The second kappa shape index (κ2) is 10.1. The maximum atomic E-state index is 13.1. The van der Waals surface area contributed by atoms with E-state index in [0.717, 1.165) is 12.0 Å². The van der Waals surface area contributed by atoms with E-state index in [9.17, 15) is 9.36 Å². The van der Waals surface area contributed by atoms with Gasteiger partial charge in [0.1, 0.15) is 0 Å². The number of aryl methyl sites for hydroxylation is 1. The molecule has 5 heteroatoms. The fourth-order valence-corrected chi connectivity index (χ4v) is 4.65. The van der Waals surface area contributed by atoms with E-state index in [0.29, 0.717) is 18.1 Å². The van der Waals surface area contributed by atoms with Crippen LogP contribution in [0.3, 0.4) is 0 Å². The molecule has 0 spiro atoms. The van der Waals surface area contributed by atoms with Gasteiger partial charge in [0, 0.05) is 5.54 Å². The number of hydrogen-bond donors (Lipinski definition) is 1. The molecule has 2 aromatic rings. The van der Waals surface area contributed by atoms with Crippen LogP contribution in [0.25, 0.3) is 0 Å². The highest BCUT2D eigenvalue weighted by Gasteiger charge is 2.35. The molecule has 0 saturated carbocycles. The summed E-state index contributed by atoms with van der Waals surface area (Å²) in [6.45, 7) is 10.5. The van der Waals surface area contributed by atoms with Crippen LogP contribution in [0.4, 0.5) is 0 Å². The predicted octanol–water partition coefficient (Wildman–Crippen LogP) is 5.40. The van der Waals surface area contributed by atoms with Crippen molar-refractivity contribution in [1.29, 1.82) is 0 Å². The molecule has 1 amide bonds. The lowest BCUT2D eigenvalue weighted by molar-refractivity contribution is -0.130. The van der Waals surface area contributed by atoms with Crippen molar-refractivity contribution in [3.63, 3.8) is 0 Å². The second-order valence-corrected chi connectivity index (χ2v) is 10.6. The summed E-state index contributed by atoms with van der Waals surface area (Å²) >= 11 is 0. The Labute approximate surface area is 175 Å². The molecular formula is C24H33NO3P+. The van der Waals surface area contributed by atoms with Gasteiger partial charge in [-0.25, -0.2) is 0 Å². The third-order valence-corrected chi connectivity index (χ3v) is 5.62. The third-order valence-electron chi connectivity index (χ3n) is 4.45. The maximum absolute atomic E-state index is 13.1. The molecule has 0 aromatic heterocycles. The van der Waals surface area contributed by atoms with E-state index < -0.39 is 14.1 Å². The zero-order chi connectivity index (χ0) is 21.5. The zero-order valence-corrected chi connectivity index (χ0v) is 19.0. The molecule has 0 heterocycles. The summed E-state index contributed by atoms with van der Waals surface area (Å²) in [5.41, 5.74) is 0.812. The molecule has 156 valence electrons. The van der Waals surface area contributed by atoms with E-state index in [1.165, 1.54) is 0 Å². The molecule has 29 heavy (non-hydrogen) atoms. The summed E-state index contributed by atoms with van der Waals surface area (Å²) in [5, 5.41) is 3.71. The van der Waals surface area contributed by atoms with Crippen LogP contribution in [0.15, 0.2) is 60.7 Å². The number of amides is 1. The van der Waals surface area contributed by atoms with E-state index in [1.807, 2.05) is 62.4 Å². The normalized spacial score (nSPS) is 13.6. The third kappa shape index (κ3) is 8.47. The molecule has 0 saturated heterocycles. The Bertz CT molecular complexity index is 798. The van der Waals surface area contributed by atoms with Gasteiger partial charge in [-0.2, -0.15) is 0 Å². The Morgan fingerprint density at radius 1 is 0.966 bits per heavy atom. The average Bonchev–Trinajstić information content (AvgIpc) is 2.64. The summed E-state index contributed by atoms with van der Waals surface area (Å²) < 4.78 is 18.5. The summed E-state index contributed by atoms with van der Waals surface area (Å²) in [6, 6.07) is 19.0. The highest BCUT2D eigenvalue weighted by atomic mass is 31.1. The Morgan fingerprint density at radius 2 is 1.52 bits per heavy atom. The first-order valence-corrected chi connectivity index (χ1v) is 11.3. The van der Waals surface area contributed by atoms with E-state index in [1.54, 1.807) is 12.1 Å². The number of carbonyl (C=O) groups is 1. The maximum Gasteiger partial charge on any atom is 0.549 e. The highest BCUT2D eigenvalue weighted by molar-refractivity contribution is 7.48. The van der Waals surface area contributed by atoms with Crippen LogP contribution in [0, 0.1) is 5.41 Å². The van der Waals surface area contributed by atoms with Crippen molar-refractivity contribution >= 4 is 19.2 Å². The van der Waals surface area contributed by atoms with Crippen LogP contribution in [0.5, 0.6) is 0 Å². The minimum absolute atomic E-state index is 0.0758. The molecule has 0 aliphatic carbocycles. The van der Waals surface area contributed by atoms with E-state index in [2.05, 4.69) is 26.1 Å². The summed E-state index contributed by atoms with van der Waals surface area (Å²) in [5.74, 6) is -0.213. The van der Waals surface area contributed by atoms with Crippen LogP contribution in [0.2, 0.25) is 0 Å². The predicted molar refractivity (Wildman–Crippen MR) is 120 cm³/mol. The number of carbonyl (C=O) groups excluding carboxylic acids is 1. The molecule has 2 rings (SSSR count). The standard InChI is InChI=1S/C24H32NO3P/c1-23(2,3)18-24(4,5)25-22(26)21(17-16-19-12-8-6-9-13-19)28-29(27)20-14-10-7-11-15-20/h6-15,21H,16-18H2,1-5H3/p+1. The monoisotopic (exact) mass is 414 g/mol. The van der Waals surface area contributed by atoms with Crippen molar-refractivity contribution in [3.8, 4) is 0 Å². The number of hydrogen-bond acceptors (Lipinski definition) is 3. The van der Waals surface area contributed by atoms with Gasteiger partial charge in [0.25, 0.3) is 5.91 Å². The molecule has 2 unspecified atom stereocenters. The molecular weight excluding hydrogens is 381 g/mol. The van der Waals surface area contributed by atoms with Gasteiger partial charge in [-0.15, -0.1) is 4.52 Å². The topological polar surface area (TPSA) is 55.4 Å². The Kier molecular flexibility index (Phi) is 8.13. The number of nitrogens with one attached hydrogen (secondary N) is 1. The summed E-state index contributed by atoms with van der Waals surface area (Å²) in [7, 11) is -2.11. The summed E-state index contributed by atoms with van der Waals surface area (Å²) in [6.07, 6.45) is 1.19. The van der Waals surface area contributed by atoms with Gasteiger partial charge < -0.3 is 5.32 Å². The van der Waals surface area contributed by atoms with Gasteiger partial charge in [0.05, 0.1) is 0 Å². The summed E-state index contributed by atoms with van der Waals surface area (Å²) in [4.78, 5) is 13.1. The van der Waals surface area contributed by atoms with Crippen LogP contribution < -0.4 is 10.6 Å². The highest BCUT2D eigenvalue weighted by Crippen LogP contribution is 2.29. The van der Waals surface area contributed by atoms with E-state index >= 15 is 0 Å². The van der Waals surface area contributed by atoms with Gasteiger partial charge in [-0.05, 0) is 60.8 Å². The lowest BCUT2D eigenvalue weighted by Gasteiger charge is -2.34. The molecule has 0 radical (unpaired) electrons. The molecule has 0 aliphatic rings. The SMILES string of the molecule is CC(C)(C)CC(C)(C)NC(=O)C(CCc1ccccc1)O[P+](=O)c1ccccc1. The molecule has 2 aromatic carbocycles.